The van der Waals surface area contributed by atoms with Crippen LogP contribution < -0.4 is 16.6 Å². The van der Waals surface area contributed by atoms with E-state index in [0.717, 1.165) is 20.3 Å². The molecule has 3 rings (SSSR count). The summed E-state index contributed by atoms with van der Waals surface area (Å²) in [4.78, 5) is 40.5. The van der Waals surface area contributed by atoms with Gasteiger partial charge in [-0.1, -0.05) is 29.8 Å². The van der Waals surface area contributed by atoms with Crippen molar-refractivity contribution in [3.8, 4) is 0 Å². The number of imidazole rings is 1. The van der Waals surface area contributed by atoms with Gasteiger partial charge in [0.1, 0.15) is 0 Å². The standard InChI is InChI=1S/C19H23N5O5S/c1-12-5-7-13(8-6-12)11-20-14(25)9-10-30(28,29)18-21-15-16(22(18)2)23(3)19(27)24(4)17(15)26/h5-8H,9-11H2,1-4H3,(H,20,25). The van der Waals surface area contributed by atoms with Crippen LogP contribution in [0.25, 0.3) is 11.2 Å². The Morgan fingerprint density at radius 3 is 2.30 bits per heavy atom. The van der Waals surface area contributed by atoms with E-state index in [9.17, 15) is 22.8 Å². The number of amides is 1. The molecule has 2 aromatic heterocycles. The first-order valence-electron chi connectivity index (χ1n) is 9.20. The zero-order valence-electron chi connectivity index (χ0n) is 17.2. The summed E-state index contributed by atoms with van der Waals surface area (Å²) in [6.45, 7) is 2.26. The summed E-state index contributed by atoms with van der Waals surface area (Å²) in [5, 5.41) is 2.33. The van der Waals surface area contributed by atoms with Crippen LogP contribution in [-0.2, 0) is 42.3 Å². The number of aryl methyl sites for hydroxylation is 3. The Balaban J connectivity index is 1.79. The number of sulfone groups is 1. The molecule has 1 N–H and O–H groups in total. The van der Waals surface area contributed by atoms with E-state index in [1.165, 1.54) is 25.7 Å². The van der Waals surface area contributed by atoms with E-state index in [1.54, 1.807) is 0 Å². The number of carbonyl (C=O) groups excluding carboxylic acids is 1. The quantitative estimate of drug-likeness (QED) is 0.572. The van der Waals surface area contributed by atoms with Gasteiger partial charge in [0, 0.05) is 34.1 Å². The van der Waals surface area contributed by atoms with E-state index in [2.05, 4.69) is 10.3 Å². The maximum absolute atomic E-state index is 12.8. The van der Waals surface area contributed by atoms with Crippen LogP contribution >= 0.6 is 0 Å². The highest BCUT2D eigenvalue weighted by Crippen LogP contribution is 2.16. The molecule has 0 aliphatic carbocycles. The number of hydrogen-bond acceptors (Lipinski definition) is 6. The average molecular weight is 433 g/mol. The maximum atomic E-state index is 12.8. The molecule has 0 spiro atoms. The summed E-state index contributed by atoms with van der Waals surface area (Å²) in [6, 6.07) is 7.62. The Kier molecular flexibility index (Phi) is 5.66. The highest BCUT2D eigenvalue weighted by atomic mass is 32.2. The van der Waals surface area contributed by atoms with Crippen LogP contribution in [0, 0.1) is 6.92 Å². The number of benzene rings is 1. The summed E-state index contributed by atoms with van der Waals surface area (Å²) in [7, 11) is 0.175. The van der Waals surface area contributed by atoms with E-state index in [1.807, 2.05) is 31.2 Å². The third kappa shape index (κ3) is 3.92. The SMILES string of the molecule is Cc1ccc(CNC(=O)CCS(=O)(=O)c2nc3c(=O)n(C)c(=O)n(C)c3n2C)cc1. The van der Waals surface area contributed by atoms with Gasteiger partial charge in [0.25, 0.3) is 5.56 Å². The lowest BCUT2D eigenvalue weighted by Crippen LogP contribution is -2.37. The first-order chi connectivity index (χ1) is 14.0. The maximum Gasteiger partial charge on any atom is 0.332 e. The fourth-order valence-electron chi connectivity index (χ4n) is 3.15. The van der Waals surface area contributed by atoms with E-state index in [4.69, 9.17) is 0 Å². The van der Waals surface area contributed by atoms with Crippen molar-refractivity contribution in [3.63, 3.8) is 0 Å². The average Bonchev–Trinajstić information content (AvgIpc) is 3.07. The first-order valence-corrected chi connectivity index (χ1v) is 10.9. The van der Waals surface area contributed by atoms with Crippen LogP contribution in [0.4, 0.5) is 0 Å². The molecule has 2 heterocycles. The van der Waals surface area contributed by atoms with Crippen LogP contribution in [0.15, 0.2) is 39.0 Å². The van der Waals surface area contributed by atoms with E-state index < -0.39 is 32.7 Å². The first kappa shape index (κ1) is 21.5. The van der Waals surface area contributed by atoms with Crippen LogP contribution in [0.2, 0.25) is 0 Å². The lowest BCUT2D eigenvalue weighted by Gasteiger charge is -2.08. The fourth-order valence-corrected chi connectivity index (χ4v) is 4.52. The van der Waals surface area contributed by atoms with Gasteiger partial charge < -0.3 is 9.88 Å². The topological polar surface area (TPSA) is 125 Å². The zero-order chi connectivity index (χ0) is 22.2. The second-order valence-corrected chi connectivity index (χ2v) is 9.17. The molecule has 0 aliphatic rings. The van der Waals surface area contributed by atoms with Gasteiger partial charge in [-0.15, -0.1) is 0 Å². The molecule has 0 aliphatic heterocycles. The molecule has 1 aromatic carbocycles. The molecule has 1 amide bonds. The Morgan fingerprint density at radius 2 is 1.67 bits per heavy atom. The second kappa shape index (κ2) is 7.90. The van der Waals surface area contributed by atoms with Crippen molar-refractivity contribution in [1.82, 2.24) is 24.0 Å². The fraction of sp³-hybridized carbons (Fsp3) is 0.368. The predicted octanol–water partition coefficient (Wildman–Crippen LogP) is -0.241. The minimum absolute atomic E-state index is 0.102. The van der Waals surface area contributed by atoms with Crippen molar-refractivity contribution in [1.29, 1.82) is 0 Å². The molecule has 0 radical (unpaired) electrons. The van der Waals surface area contributed by atoms with Crippen molar-refractivity contribution < 1.29 is 13.2 Å². The highest BCUT2D eigenvalue weighted by molar-refractivity contribution is 7.91. The van der Waals surface area contributed by atoms with Crippen LogP contribution in [0.3, 0.4) is 0 Å². The number of nitrogens with zero attached hydrogens (tertiary/aromatic N) is 4. The minimum atomic E-state index is -3.97. The number of rotatable bonds is 6. The summed E-state index contributed by atoms with van der Waals surface area (Å²) in [5.41, 5.74) is 0.723. The van der Waals surface area contributed by atoms with Gasteiger partial charge in [0.15, 0.2) is 11.2 Å². The van der Waals surface area contributed by atoms with Gasteiger partial charge in [0.2, 0.25) is 20.9 Å². The Morgan fingerprint density at radius 1 is 1.03 bits per heavy atom. The van der Waals surface area contributed by atoms with Gasteiger partial charge in [-0.2, -0.15) is 0 Å². The van der Waals surface area contributed by atoms with Gasteiger partial charge in [-0.05, 0) is 12.5 Å². The molecule has 0 saturated carbocycles. The van der Waals surface area contributed by atoms with Crippen molar-refractivity contribution in [2.24, 2.45) is 21.1 Å². The van der Waals surface area contributed by atoms with Crippen LogP contribution in [0.1, 0.15) is 17.5 Å². The number of carbonyl (C=O) groups is 1. The predicted molar refractivity (Wildman–Crippen MR) is 111 cm³/mol. The Labute approximate surface area is 172 Å². The molecule has 3 aromatic rings. The molecule has 0 bridgehead atoms. The monoisotopic (exact) mass is 433 g/mol. The van der Waals surface area contributed by atoms with Crippen molar-refractivity contribution >= 4 is 26.9 Å². The molecule has 0 unspecified atom stereocenters. The number of fused-ring (bicyclic) bond motifs is 1. The molecule has 0 fully saturated rings. The van der Waals surface area contributed by atoms with Crippen molar-refractivity contribution in [3.05, 3.63) is 56.2 Å². The van der Waals surface area contributed by atoms with E-state index >= 15 is 0 Å². The normalized spacial score (nSPS) is 11.7. The van der Waals surface area contributed by atoms with Crippen molar-refractivity contribution in [2.45, 2.75) is 25.0 Å². The molecule has 11 heteroatoms. The lowest BCUT2D eigenvalue weighted by molar-refractivity contribution is -0.120. The Bertz CT molecular complexity index is 1350. The van der Waals surface area contributed by atoms with Gasteiger partial charge in [-0.3, -0.25) is 18.7 Å². The molecule has 160 valence electrons. The molecular weight excluding hydrogens is 410 g/mol. The van der Waals surface area contributed by atoms with Crippen molar-refractivity contribution in [2.75, 3.05) is 5.75 Å². The summed E-state index contributed by atoms with van der Waals surface area (Å²) >= 11 is 0. The summed E-state index contributed by atoms with van der Waals surface area (Å²) in [6.07, 6.45) is -0.256. The molecular formula is C19H23N5O5S. The second-order valence-electron chi connectivity index (χ2n) is 7.16. The third-order valence-electron chi connectivity index (χ3n) is 4.91. The smallest absolute Gasteiger partial charge is 0.332 e. The van der Waals surface area contributed by atoms with Crippen LogP contribution in [0.5, 0.6) is 0 Å². The van der Waals surface area contributed by atoms with E-state index in [-0.39, 0.29) is 22.7 Å². The molecule has 10 nitrogen and oxygen atoms in total. The van der Waals surface area contributed by atoms with E-state index in [0.29, 0.717) is 6.54 Å². The largest absolute Gasteiger partial charge is 0.352 e. The number of aromatic nitrogens is 4. The highest BCUT2D eigenvalue weighted by Gasteiger charge is 2.26. The zero-order valence-corrected chi connectivity index (χ0v) is 18.0. The van der Waals surface area contributed by atoms with Gasteiger partial charge in [0.05, 0.1) is 5.75 Å². The number of hydrogen-bond donors (Lipinski definition) is 1. The third-order valence-corrected chi connectivity index (χ3v) is 6.57. The molecule has 30 heavy (non-hydrogen) atoms. The molecule has 0 atom stereocenters. The lowest BCUT2D eigenvalue weighted by atomic mass is 10.1. The van der Waals surface area contributed by atoms with Gasteiger partial charge in [-0.25, -0.2) is 18.2 Å². The summed E-state index contributed by atoms with van der Waals surface area (Å²) in [5.74, 6) is -0.890. The minimum Gasteiger partial charge on any atom is -0.352 e. The van der Waals surface area contributed by atoms with Crippen LogP contribution in [-0.4, -0.2) is 38.8 Å². The van der Waals surface area contributed by atoms with Gasteiger partial charge >= 0.3 is 5.69 Å². The molecule has 0 saturated heterocycles. The number of nitrogens with one attached hydrogen (secondary N) is 1. The summed E-state index contributed by atoms with van der Waals surface area (Å²) < 4.78 is 28.8. The Hall–Kier alpha value is -3.21.